The fourth-order valence-corrected chi connectivity index (χ4v) is 5.53. The van der Waals surface area contributed by atoms with E-state index in [2.05, 4.69) is 14.8 Å². The molecule has 9 heteroatoms. The Balaban J connectivity index is 0.00000242. The average Bonchev–Trinajstić information content (AvgIpc) is 2.83. The molecular weight excluding hydrogens is 348 g/mol. The molecule has 2 atom stereocenters. The Hall–Kier alpha value is -0.670. The van der Waals surface area contributed by atoms with Crippen LogP contribution in [-0.2, 0) is 14.8 Å². The molecule has 0 aliphatic carbocycles. The van der Waals surface area contributed by atoms with Gasteiger partial charge in [0.25, 0.3) is 0 Å². The Kier molecular flexibility index (Phi) is 6.82. The normalized spacial score (nSPS) is 22.0. The first-order valence-electron chi connectivity index (χ1n) is 6.76. The van der Waals surface area contributed by atoms with Crippen molar-refractivity contribution in [1.29, 1.82) is 0 Å². The Morgan fingerprint density at radius 2 is 2.18 bits per heavy atom. The van der Waals surface area contributed by atoms with E-state index in [1.165, 1.54) is 7.11 Å². The summed E-state index contributed by atoms with van der Waals surface area (Å²) in [4.78, 5) is 11.9. The summed E-state index contributed by atoms with van der Waals surface area (Å²) in [5.41, 5.74) is 0.564. The molecule has 2 N–H and O–H groups in total. The van der Waals surface area contributed by atoms with Gasteiger partial charge in [-0.05, 0) is 43.3 Å². The monoisotopic (exact) mass is 368 g/mol. The van der Waals surface area contributed by atoms with Gasteiger partial charge in [-0.25, -0.2) is 17.9 Å². The number of carbonyl (C=O) groups is 1. The number of aryl methyl sites for hydroxylation is 1. The predicted molar refractivity (Wildman–Crippen MR) is 88.4 cm³/mol. The van der Waals surface area contributed by atoms with Gasteiger partial charge in [-0.1, -0.05) is 6.92 Å². The van der Waals surface area contributed by atoms with Crippen LogP contribution in [0, 0.1) is 12.8 Å². The van der Waals surface area contributed by atoms with Crippen molar-refractivity contribution in [3.05, 3.63) is 15.8 Å². The van der Waals surface area contributed by atoms with Crippen LogP contribution in [-0.4, -0.2) is 40.6 Å². The van der Waals surface area contributed by atoms with Crippen LogP contribution >= 0.6 is 23.7 Å². The van der Waals surface area contributed by atoms with Crippen LogP contribution in [0.1, 0.15) is 28.6 Å². The molecule has 6 nitrogen and oxygen atoms in total. The van der Waals surface area contributed by atoms with Gasteiger partial charge < -0.3 is 10.1 Å². The van der Waals surface area contributed by atoms with Crippen molar-refractivity contribution in [2.45, 2.75) is 31.2 Å². The average molecular weight is 369 g/mol. The van der Waals surface area contributed by atoms with E-state index in [9.17, 15) is 13.2 Å². The minimum absolute atomic E-state index is 0. The van der Waals surface area contributed by atoms with E-state index in [0.29, 0.717) is 5.56 Å². The van der Waals surface area contributed by atoms with E-state index in [0.717, 1.165) is 30.8 Å². The number of hydrogen-bond acceptors (Lipinski definition) is 6. The van der Waals surface area contributed by atoms with Crippen molar-refractivity contribution in [2.75, 3.05) is 20.2 Å². The highest BCUT2D eigenvalue weighted by atomic mass is 35.5. The molecule has 126 valence electrons. The highest BCUT2D eigenvalue weighted by Crippen LogP contribution is 2.28. The number of nitrogens with one attached hydrogen (secondary N) is 2. The molecule has 1 aliphatic rings. The zero-order valence-electron chi connectivity index (χ0n) is 12.7. The van der Waals surface area contributed by atoms with Crippen molar-refractivity contribution in [2.24, 2.45) is 5.92 Å². The maximum Gasteiger partial charge on any atom is 0.349 e. The minimum atomic E-state index is -3.73. The lowest BCUT2D eigenvalue weighted by Gasteiger charge is -2.30. The number of carbonyl (C=O) groups excluding carboxylic acids is 1. The second-order valence-corrected chi connectivity index (χ2v) is 7.80. The van der Waals surface area contributed by atoms with Crippen molar-refractivity contribution < 1.29 is 17.9 Å². The van der Waals surface area contributed by atoms with Crippen molar-refractivity contribution in [1.82, 2.24) is 10.0 Å². The van der Waals surface area contributed by atoms with Gasteiger partial charge in [-0.2, -0.15) is 0 Å². The number of piperidine rings is 1. The summed E-state index contributed by atoms with van der Waals surface area (Å²) in [5.74, 6) is -0.416. The molecule has 22 heavy (non-hydrogen) atoms. The molecule has 1 aliphatic heterocycles. The maximum atomic E-state index is 12.6. The Morgan fingerprint density at radius 1 is 1.50 bits per heavy atom. The van der Waals surface area contributed by atoms with Gasteiger partial charge in [0.15, 0.2) is 0 Å². The lowest BCUT2D eigenvalue weighted by Crippen LogP contribution is -2.48. The third kappa shape index (κ3) is 3.99. The molecule has 0 saturated carbocycles. The first-order chi connectivity index (χ1) is 9.86. The van der Waals surface area contributed by atoms with Crippen LogP contribution < -0.4 is 10.0 Å². The SMILES string of the molecule is COC(=O)c1scc(C)c1S(=O)(=O)NC1CCNCC1C.Cl. The van der Waals surface area contributed by atoms with Gasteiger partial charge in [-0.15, -0.1) is 23.7 Å². The molecule has 0 amide bonds. The molecule has 2 heterocycles. The zero-order valence-corrected chi connectivity index (χ0v) is 15.2. The molecule has 0 spiro atoms. The Labute approximate surface area is 141 Å². The van der Waals surface area contributed by atoms with Crippen LogP contribution in [0.15, 0.2) is 10.3 Å². The molecule has 0 aromatic carbocycles. The smallest absolute Gasteiger partial charge is 0.349 e. The number of hydrogen-bond donors (Lipinski definition) is 2. The van der Waals surface area contributed by atoms with Gasteiger partial charge in [0, 0.05) is 6.04 Å². The van der Waals surface area contributed by atoms with Crippen molar-refractivity contribution in [3.8, 4) is 0 Å². The molecule has 0 bridgehead atoms. The van der Waals surface area contributed by atoms with E-state index in [1.807, 2.05) is 6.92 Å². The summed E-state index contributed by atoms with van der Waals surface area (Å²) in [6.07, 6.45) is 0.733. The molecular formula is C13H21ClN2O4S2. The third-order valence-corrected chi connectivity index (χ3v) is 6.53. The molecule has 1 aromatic heterocycles. The summed E-state index contributed by atoms with van der Waals surface area (Å²) in [6.45, 7) is 5.24. The summed E-state index contributed by atoms with van der Waals surface area (Å²) in [7, 11) is -2.49. The van der Waals surface area contributed by atoms with Crippen molar-refractivity contribution in [3.63, 3.8) is 0 Å². The summed E-state index contributed by atoms with van der Waals surface area (Å²) >= 11 is 1.09. The van der Waals surface area contributed by atoms with E-state index in [4.69, 9.17) is 0 Å². The summed E-state index contributed by atoms with van der Waals surface area (Å²) < 4.78 is 32.7. The van der Waals surface area contributed by atoms with Crippen molar-refractivity contribution >= 4 is 39.7 Å². The van der Waals surface area contributed by atoms with Gasteiger partial charge in [0.05, 0.1) is 7.11 Å². The van der Waals surface area contributed by atoms with Gasteiger partial charge in [-0.3, -0.25) is 0 Å². The topological polar surface area (TPSA) is 84.5 Å². The Morgan fingerprint density at radius 3 is 2.77 bits per heavy atom. The highest BCUT2D eigenvalue weighted by molar-refractivity contribution is 7.89. The first kappa shape index (κ1) is 19.4. The van der Waals surface area contributed by atoms with E-state index < -0.39 is 16.0 Å². The standard InChI is InChI=1S/C13H20N2O4S2.ClH/c1-8-6-14-5-4-10(8)15-21(17,18)12-9(2)7-20-11(12)13(16)19-3;/h7-8,10,14-15H,4-6H2,1-3H3;1H. The number of esters is 1. The van der Waals surface area contributed by atoms with E-state index >= 15 is 0 Å². The second-order valence-electron chi connectivity index (χ2n) is 5.27. The number of methoxy groups -OCH3 is 1. The predicted octanol–water partition coefficient (Wildman–Crippen LogP) is 1.54. The lowest BCUT2D eigenvalue weighted by molar-refractivity contribution is 0.0602. The number of thiophene rings is 1. The maximum absolute atomic E-state index is 12.6. The number of ether oxygens (including phenoxy) is 1. The van der Waals surface area contributed by atoms with Gasteiger partial charge >= 0.3 is 5.97 Å². The first-order valence-corrected chi connectivity index (χ1v) is 9.12. The number of halogens is 1. The van der Waals surface area contributed by atoms with Crippen LogP contribution in [0.3, 0.4) is 0 Å². The largest absolute Gasteiger partial charge is 0.465 e. The quantitative estimate of drug-likeness (QED) is 0.787. The fraction of sp³-hybridized carbons (Fsp3) is 0.615. The number of sulfonamides is 1. The van der Waals surface area contributed by atoms with Gasteiger partial charge in [0.2, 0.25) is 10.0 Å². The summed E-state index contributed by atoms with van der Waals surface area (Å²) in [6, 6.07) is -0.124. The number of rotatable bonds is 4. The molecule has 1 fully saturated rings. The second kappa shape index (κ2) is 7.74. The molecule has 1 saturated heterocycles. The molecule has 0 radical (unpaired) electrons. The zero-order chi connectivity index (χ0) is 15.6. The van der Waals surface area contributed by atoms with Crippen LogP contribution in [0.25, 0.3) is 0 Å². The molecule has 2 unspecified atom stereocenters. The van der Waals surface area contributed by atoms with Crippen LogP contribution in [0.4, 0.5) is 0 Å². The van der Waals surface area contributed by atoms with E-state index in [1.54, 1.807) is 12.3 Å². The van der Waals surface area contributed by atoms with E-state index in [-0.39, 0.29) is 34.1 Å². The fourth-order valence-electron chi connectivity index (χ4n) is 2.45. The third-order valence-electron chi connectivity index (χ3n) is 3.65. The molecule has 2 rings (SSSR count). The minimum Gasteiger partial charge on any atom is -0.465 e. The molecule has 1 aromatic rings. The summed E-state index contributed by atoms with van der Waals surface area (Å²) in [5, 5.41) is 4.89. The lowest BCUT2D eigenvalue weighted by atomic mass is 9.97. The highest BCUT2D eigenvalue weighted by Gasteiger charge is 2.32. The van der Waals surface area contributed by atoms with Crippen LogP contribution in [0.5, 0.6) is 0 Å². The Bertz CT molecular complexity index is 630. The van der Waals surface area contributed by atoms with Crippen LogP contribution in [0.2, 0.25) is 0 Å². The van der Waals surface area contributed by atoms with Gasteiger partial charge in [0.1, 0.15) is 9.77 Å².